The molecule has 11 heavy (non-hydrogen) atoms. The van der Waals surface area contributed by atoms with Crippen LogP contribution in [0.2, 0.25) is 0 Å². The number of benzene rings is 1. The van der Waals surface area contributed by atoms with Crippen molar-refractivity contribution in [1.82, 2.24) is 0 Å². The maximum atomic E-state index is 3.44. The Morgan fingerprint density at radius 1 is 1.18 bits per heavy atom. The van der Waals surface area contributed by atoms with Crippen LogP contribution in [-0.4, -0.2) is 0 Å². The summed E-state index contributed by atoms with van der Waals surface area (Å²) in [5, 5.41) is 0. The standard InChI is InChI=1S/C9H8Br2/c1-2-3-7-4-5-8(10)9(11)6-7/h2-6H,1H3/b3-2+. The number of hydrogen-bond donors (Lipinski definition) is 0. The molecule has 0 N–H and O–H groups in total. The van der Waals surface area contributed by atoms with E-state index in [4.69, 9.17) is 0 Å². The van der Waals surface area contributed by atoms with Gasteiger partial charge in [-0.05, 0) is 56.5 Å². The van der Waals surface area contributed by atoms with Crippen LogP contribution in [-0.2, 0) is 0 Å². The lowest BCUT2D eigenvalue weighted by Crippen LogP contribution is -1.73. The third kappa shape index (κ3) is 2.46. The van der Waals surface area contributed by atoms with Crippen LogP contribution < -0.4 is 0 Å². The molecule has 1 aromatic rings. The molecule has 0 amide bonds. The topological polar surface area (TPSA) is 0 Å². The van der Waals surface area contributed by atoms with Crippen LogP contribution in [0, 0.1) is 0 Å². The lowest BCUT2D eigenvalue weighted by atomic mass is 10.2. The number of hydrogen-bond acceptors (Lipinski definition) is 0. The van der Waals surface area contributed by atoms with E-state index >= 15 is 0 Å². The van der Waals surface area contributed by atoms with Gasteiger partial charge in [0, 0.05) is 8.95 Å². The molecule has 1 rings (SSSR count). The highest BCUT2D eigenvalue weighted by Gasteiger charge is 1.94. The Kier molecular flexibility index (Phi) is 3.34. The molecule has 0 heterocycles. The van der Waals surface area contributed by atoms with E-state index in [1.165, 1.54) is 5.56 Å². The SMILES string of the molecule is C/C=C/c1ccc(Br)c(Br)c1. The predicted octanol–water partition coefficient (Wildman–Crippen LogP) is 4.24. The molecule has 0 fully saturated rings. The zero-order valence-electron chi connectivity index (χ0n) is 6.14. The molecular weight excluding hydrogens is 268 g/mol. The van der Waals surface area contributed by atoms with Gasteiger partial charge in [0.05, 0.1) is 0 Å². The zero-order chi connectivity index (χ0) is 8.27. The largest absolute Gasteiger partial charge is 0.0871 e. The molecule has 0 radical (unpaired) electrons. The lowest BCUT2D eigenvalue weighted by molar-refractivity contribution is 1.55. The first kappa shape index (κ1) is 9.01. The van der Waals surface area contributed by atoms with Crippen molar-refractivity contribution in [3.63, 3.8) is 0 Å². The smallest absolute Gasteiger partial charge is 0.0323 e. The average Bonchev–Trinajstić information content (AvgIpc) is 1.98. The molecule has 0 unspecified atom stereocenters. The van der Waals surface area contributed by atoms with Crippen molar-refractivity contribution in [2.75, 3.05) is 0 Å². The fraction of sp³-hybridized carbons (Fsp3) is 0.111. The Hall–Kier alpha value is -0.0800. The molecule has 0 spiro atoms. The van der Waals surface area contributed by atoms with Crippen LogP contribution in [0.15, 0.2) is 33.2 Å². The minimum atomic E-state index is 1.09. The number of rotatable bonds is 1. The van der Waals surface area contributed by atoms with Gasteiger partial charge >= 0.3 is 0 Å². The third-order valence-electron chi connectivity index (χ3n) is 1.30. The molecule has 0 saturated heterocycles. The summed E-state index contributed by atoms with van der Waals surface area (Å²) in [7, 11) is 0. The molecule has 0 atom stereocenters. The van der Waals surface area contributed by atoms with E-state index in [1.807, 2.05) is 19.1 Å². The van der Waals surface area contributed by atoms with Gasteiger partial charge in [-0.1, -0.05) is 18.2 Å². The summed E-state index contributed by atoms with van der Waals surface area (Å²) in [5.41, 5.74) is 1.21. The summed E-state index contributed by atoms with van der Waals surface area (Å²) in [6.45, 7) is 2.01. The minimum Gasteiger partial charge on any atom is -0.0871 e. The summed E-state index contributed by atoms with van der Waals surface area (Å²) in [4.78, 5) is 0. The summed E-state index contributed by atoms with van der Waals surface area (Å²) in [6, 6.07) is 6.17. The van der Waals surface area contributed by atoms with E-state index in [1.54, 1.807) is 0 Å². The van der Waals surface area contributed by atoms with Crippen molar-refractivity contribution in [3.05, 3.63) is 38.8 Å². The minimum absolute atomic E-state index is 1.09. The van der Waals surface area contributed by atoms with Crippen molar-refractivity contribution in [2.45, 2.75) is 6.92 Å². The Morgan fingerprint density at radius 3 is 2.45 bits per heavy atom. The van der Waals surface area contributed by atoms with Crippen LogP contribution in [0.1, 0.15) is 12.5 Å². The van der Waals surface area contributed by atoms with Gasteiger partial charge in [-0.2, -0.15) is 0 Å². The van der Waals surface area contributed by atoms with Gasteiger partial charge in [-0.15, -0.1) is 0 Å². The fourth-order valence-corrected chi connectivity index (χ4v) is 1.45. The fourth-order valence-electron chi connectivity index (χ4n) is 0.809. The number of halogens is 2. The van der Waals surface area contributed by atoms with Crippen LogP contribution in [0.4, 0.5) is 0 Å². The lowest BCUT2D eigenvalue weighted by Gasteiger charge is -1.96. The Morgan fingerprint density at radius 2 is 1.91 bits per heavy atom. The van der Waals surface area contributed by atoms with E-state index in [9.17, 15) is 0 Å². The molecule has 0 aliphatic heterocycles. The quantitative estimate of drug-likeness (QED) is 0.719. The van der Waals surface area contributed by atoms with E-state index in [2.05, 4.69) is 50.1 Å². The first-order valence-electron chi connectivity index (χ1n) is 3.32. The van der Waals surface area contributed by atoms with Gasteiger partial charge in [-0.3, -0.25) is 0 Å². The molecular formula is C9H8Br2. The monoisotopic (exact) mass is 274 g/mol. The highest BCUT2D eigenvalue weighted by atomic mass is 79.9. The van der Waals surface area contributed by atoms with Gasteiger partial charge < -0.3 is 0 Å². The van der Waals surface area contributed by atoms with Crippen molar-refractivity contribution < 1.29 is 0 Å². The Labute approximate surface area is 83.6 Å². The van der Waals surface area contributed by atoms with Crippen LogP contribution in [0.5, 0.6) is 0 Å². The van der Waals surface area contributed by atoms with Crippen molar-refractivity contribution in [2.24, 2.45) is 0 Å². The third-order valence-corrected chi connectivity index (χ3v) is 3.18. The molecule has 0 bridgehead atoms. The van der Waals surface area contributed by atoms with E-state index < -0.39 is 0 Å². The van der Waals surface area contributed by atoms with Crippen molar-refractivity contribution >= 4 is 37.9 Å². The summed E-state index contributed by atoms with van der Waals surface area (Å²) in [5.74, 6) is 0. The zero-order valence-corrected chi connectivity index (χ0v) is 9.31. The van der Waals surface area contributed by atoms with E-state index in [0.717, 1.165) is 8.95 Å². The van der Waals surface area contributed by atoms with Crippen LogP contribution in [0.3, 0.4) is 0 Å². The molecule has 0 aromatic heterocycles. The van der Waals surface area contributed by atoms with Gasteiger partial charge in [0.2, 0.25) is 0 Å². The summed E-state index contributed by atoms with van der Waals surface area (Å²) < 4.78 is 2.18. The molecule has 0 aliphatic rings. The second kappa shape index (κ2) is 4.07. The highest BCUT2D eigenvalue weighted by molar-refractivity contribution is 9.13. The first-order valence-corrected chi connectivity index (χ1v) is 4.90. The van der Waals surface area contributed by atoms with Crippen LogP contribution in [0.25, 0.3) is 6.08 Å². The van der Waals surface area contributed by atoms with Gasteiger partial charge in [0.1, 0.15) is 0 Å². The molecule has 2 heteroatoms. The molecule has 0 nitrogen and oxygen atoms in total. The van der Waals surface area contributed by atoms with Crippen molar-refractivity contribution in [1.29, 1.82) is 0 Å². The Balaban J connectivity index is 3.05. The van der Waals surface area contributed by atoms with E-state index in [0.29, 0.717) is 0 Å². The summed E-state index contributed by atoms with van der Waals surface area (Å²) >= 11 is 6.84. The molecule has 0 aliphatic carbocycles. The van der Waals surface area contributed by atoms with Gasteiger partial charge in [0.25, 0.3) is 0 Å². The highest BCUT2D eigenvalue weighted by Crippen LogP contribution is 2.24. The number of allylic oxidation sites excluding steroid dienone is 1. The summed E-state index contributed by atoms with van der Waals surface area (Å²) in [6.07, 6.45) is 4.09. The molecule has 58 valence electrons. The average molecular weight is 276 g/mol. The first-order chi connectivity index (χ1) is 5.24. The van der Waals surface area contributed by atoms with E-state index in [-0.39, 0.29) is 0 Å². The predicted molar refractivity (Wildman–Crippen MR) is 56.6 cm³/mol. The normalized spacial score (nSPS) is 10.8. The van der Waals surface area contributed by atoms with Gasteiger partial charge in [-0.25, -0.2) is 0 Å². The van der Waals surface area contributed by atoms with Crippen molar-refractivity contribution in [3.8, 4) is 0 Å². The maximum Gasteiger partial charge on any atom is 0.0323 e. The van der Waals surface area contributed by atoms with Crippen LogP contribution >= 0.6 is 31.9 Å². The Bertz CT molecular complexity index is 277. The molecule has 1 aromatic carbocycles. The molecule has 0 saturated carbocycles. The maximum absolute atomic E-state index is 3.44. The second-order valence-electron chi connectivity index (χ2n) is 2.17. The van der Waals surface area contributed by atoms with Gasteiger partial charge in [0.15, 0.2) is 0 Å². The second-order valence-corrected chi connectivity index (χ2v) is 3.88.